The first-order chi connectivity index (χ1) is 12.9. The lowest BCUT2D eigenvalue weighted by Gasteiger charge is -2.32. The van der Waals surface area contributed by atoms with Gasteiger partial charge in [-0.15, -0.1) is 0 Å². The molecule has 0 aromatic heterocycles. The number of carbonyl (C=O) groups is 1. The van der Waals surface area contributed by atoms with E-state index in [9.17, 15) is 13.2 Å². The Bertz CT molecular complexity index is 717. The number of carbonyl (C=O) groups excluding carboxylic acids is 1. The van der Waals surface area contributed by atoms with Gasteiger partial charge in [-0.2, -0.15) is 17.0 Å². The zero-order chi connectivity index (χ0) is 19.9. The molecule has 0 saturated carbocycles. The summed E-state index contributed by atoms with van der Waals surface area (Å²) in [4.78, 5) is 12.6. The largest absolute Gasteiger partial charge is 0.496 e. The molecule has 1 aromatic carbocycles. The van der Waals surface area contributed by atoms with Crippen molar-refractivity contribution in [1.29, 1.82) is 0 Å². The number of amides is 1. The number of ether oxygens (including phenoxy) is 1. The summed E-state index contributed by atoms with van der Waals surface area (Å²) >= 11 is 0. The highest BCUT2D eigenvalue weighted by atomic mass is 32.2. The van der Waals surface area contributed by atoms with Crippen LogP contribution in [0.25, 0.3) is 0 Å². The maximum Gasteiger partial charge on any atom is 0.282 e. The topological polar surface area (TPSA) is 79.0 Å². The molecule has 0 bridgehead atoms. The average Bonchev–Trinajstić information content (AvgIpc) is 2.68. The quantitative estimate of drug-likeness (QED) is 0.694. The SMILES string of the molecule is CCCN(CC(=O)N[C@@H](C)c1ccccc1OC)S(=O)(=O)N1CCCCC1. The lowest BCUT2D eigenvalue weighted by Crippen LogP contribution is -2.49. The molecule has 1 atom stereocenters. The molecule has 1 saturated heterocycles. The number of rotatable bonds is 9. The summed E-state index contributed by atoms with van der Waals surface area (Å²) in [5, 5.41) is 2.89. The fourth-order valence-corrected chi connectivity index (χ4v) is 5.07. The standard InChI is InChI=1S/C19H31N3O4S/c1-4-12-22(27(24,25)21-13-8-5-9-14-21)15-19(23)20-16(2)17-10-6-7-11-18(17)26-3/h6-7,10-11,16H,4-5,8-9,12-15H2,1-3H3,(H,20,23)/t16-/m0/s1. The lowest BCUT2D eigenvalue weighted by atomic mass is 10.1. The number of piperidine rings is 1. The maximum atomic E-state index is 12.9. The van der Waals surface area contributed by atoms with Crippen molar-refractivity contribution >= 4 is 16.1 Å². The maximum absolute atomic E-state index is 12.9. The number of nitrogens with one attached hydrogen (secondary N) is 1. The Morgan fingerprint density at radius 1 is 1.26 bits per heavy atom. The first kappa shape index (κ1) is 21.7. The molecule has 0 aliphatic carbocycles. The normalized spacial score (nSPS) is 16.9. The summed E-state index contributed by atoms with van der Waals surface area (Å²) in [6.07, 6.45) is 3.45. The molecule has 1 aliphatic heterocycles. The molecule has 1 aliphatic rings. The van der Waals surface area contributed by atoms with Gasteiger partial charge in [0.05, 0.1) is 19.7 Å². The molecule has 0 spiro atoms. The van der Waals surface area contributed by atoms with Gasteiger partial charge in [-0.1, -0.05) is 31.5 Å². The molecule has 1 N–H and O–H groups in total. The Hall–Kier alpha value is -1.64. The van der Waals surface area contributed by atoms with E-state index in [0.717, 1.165) is 24.8 Å². The molecule has 152 valence electrons. The summed E-state index contributed by atoms with van der Waals surface area (Å²) in [7, 11) is -2.03. The number of hydrogen-bond donors (Lipinski definition) is 1. The van der Waals surface area contributed by atoms with Crippen LogP contribution in [0.5, 0.6) is 5.75 Å². The first-order valence-electron chi connectivity index (χ1n) is 9.57. The van der Waals surface area contributed by atoms with Crippen molar-refractivity contribution in [2.45, 2.75) is 45.6 Å². The van der Waals surface area contributed by atoms with Crippen molar-refractivity contribution in [1.82, 2.24) is 13.9 Å². The van der Waals surface area contributed by atoms with E-state index in [2.05, 4.69) is 5.32 Å². The van der Waals surface area contributed by atoms with E-state index in [1.807, 2.05) is 38.1 Å². The van der Waals surface area contributed by atoms with Crippen LogP contribution in [0.4, 0.5) is 0 Å². The van der Waals surface area contributed by atoms with E-state index in [4.69, 9.17) is 4.74 Å². The minimum Gasteiger partial charge on any atom is -0.496 e. The van der Waals surface area contributed by atoms with E-state index in [0.29, 0.717) is 31.8 Å². The number of benzene rings is 1. The number of para-hydroxylation sites is 1. The molecule has 2 rings (SSSR count). The van der Waals surface area contributed by atoms with E-state index in [1.54, 1.807) is 7.11 Å². The van der Waals surface area contributed by atoms with Crippen molar-refractivity contribution < 1.29 is 17.9 Å². The Kier molecular flexibility index (Phi) is 8.07. The van der Waals surface area contributed by atoms with Crippen LogP contribution in [0, 0.1) is 0 Å². The second-order valence-corrected chi connectivity index (χ2v) is 8.76. The van der Waals surface area contributed by atoms with Gasteiger partial charge in [0, 0.05) is 25.2 Å². The predicted molar refractivity (Wildman–Crippen MR) is 106 cm³/mol. The van der Waals surface area contributed by atoms with Crippen molar-refractivity contribution in [2.24, 2.45) is 0 Å². The van der Waals surface area contributed by atoms with E-state index in [-0.39, 0.29) is 18.5 Å². The van der Waals surface area contributed by atoms with Crippen LogP contribution < -0.4 is 10.1 Å². The first-order valence-corrected chi connectivity index (χ1v) is 11.0. The Morgan fingerprint density at radius 3 is 2.56 bits per heavy atom. The molecule has 8 heteroatoms. The average molecular weight is 398 g/mol. The molecule has 1 aromatic rings. The predicted octanol–water partition coefficient (Wildman–Crippen LogP) is 2.32. The summed E-state index contributed by atoms with van der Waals surface area (Å²) in [5.41, 5.74) is 0.856. The van der Waals surface area contributed by atoms with E-state index < -0.39 is 10.2 Å². The number of methoxy groups -OCH3 is 1. The Balaban J connectivity index is 2.05. The van der Waals surface area contributed by atoms with Gasteiger partial charge in [0.1, 0.15) is 5.75 Å². The molecule has 0 radical (unpaired) electrons. The van der Waals surface area contributed by atoms with Crippen LogP contribution in [-0.4, -0.2) is 56.2 Å². The monoisotopic (exact) mass is 397 g/mol. The number of nitrogens with zero attached hydrogens (tertiary/aromatic N) is 2. The minimum absolute atomic E-state index is 0.174. The molecular formula is C19H31N3O4S. The molecule has 1 amide bonds. The summed E-state index contributed by atoms with van der Waals surface area (Å²) < 4.78 is 34.0. The minimum atomic E-state index is -3.61. The second-order valence-electron chi connectivity index (χ2n) is 6.83. The molecule has 0 unspecified atom stereocenters. The third kappa shape index (κ3) is 5.67. The van der Waals surface area contributed by atoms with Crippen molar-refractivity contribution in [2.75, 3.05) is 33.3 Å². The zero-order valence-corrected chi connectivity index (χ0v) is 17.3. The van der Waals surface area contributed by atoms with Crippen LogP contribution in [0.2, 0.25) is 0 Å². The van der Waals surface area contributed by atoms with Crippen LogP contribution in [0.3, 0.4) is 0 Å². The third-order valence-corrected chi connectivity index (χ3v) is 6.73. The summed E-state index contributed by atoms with van der Waals surface area (Å²) in [5.74, 6) is 0.374. The third-order valence-electron chi connectivity index (χ3n) is 4.74. The Labute approximate surface area is 162 Å². The molecule has 1 heterocycles. The second kappa shape index (κ2) is 10.1. The van der Waals surface area contributed by atoms with Gasteiger partial charge in [-0.3, -0.25) is 4.79 Å². The van der Waals surface area contributed by atoms with Crippen molar-refractivity contribution in [3.8, 4) is 5.75 Å². The molecule has 7 nitrogen and oxygen atoms in total. The fourth-order valence-electron chi connectivity index (χ4n) is 3.33. The highest BCUT2D eigenvalue weighted by Crippen LogP contribution is 2.24. The fraction of sp³-hybridized carbons (Fsp3) is 0.632. The van der Waals surface area contributed by atoms with Crippen LogP contribution >= 0.6 is 0 Å². The molecular weight excluding hydrogens is 366 g/mol. The van der Waals surface area contributed by atoms with Crippen LogP contribution in [-0.2, 0) is 15.0 Å². The summed E-state index contributed by atoms with van der Waals surface area (Å²) in [6.45, 7) is 4.98. The van der Waals surface area contributed by atoms with Crippen LogP contribution in [0.15, 0.2) is 24.3 Å². The highest BCUT2D eigenvalue weighted by Gasteiger charge is 2.31. The van der Waals surface area contributed by atoms with Crippen LogP contribution in [0.1, 0.15) is 51.1 Å². The van der Waals surface area contributed by atoms with Gasteiger partial charge in [-0.05, 0) is 32.3 Å². The van der Waals surface area contributed by atoms with Gasteiger partial charge in [0.25, 0.3) is 10.2 Å². The van der Waals surface area contributed by atoms with Gasteiger partial charge in [0.15, 0.2) is 0 Å². The van der Waals surface area contributed by atoms with E-state index >= 15 is 0 Å². The van der Waals surface area contributed by atoms with Gasteiger partial charge in [-0.25, -0.2) is 0 Å². The highest BCUT2D eigenvalue weighted by molar-refractivity contribution is 7.86. The van der Waals surface area contributed by atoms with Crippen molar-refractivity contribution in [3.05, 3.63) is 29.8 Å². The smallest absolute Gasteiger partial charge is 0.282 e. The van der Waals surface area contributed by atoms with Crippen molar-refractivity contribution in [3.63, 3.8) is 0 Å². The number of hydrogen-bond acceptors (Lipinski definition) is 4. The van der Waals surface area contributed by atoms with Gasteiger partial charge >= 0.3 is 0 Å². The van der Waals surface area contributed by atoms with Gasteiger partial charge in [0.2, 0.25) is 5.91 Å². The zero-order valence-electron chi connectivity index (χ0n) is 16.5. The molecule has 27 heavy (non-hydrogen) atoms. The Morgan fingerprint density at radius 2 is 1.93 bits per heavy atom. The van der Waals surface area contributed by atoms with E-state index in [1.165, 1.54) is 8.61 Å². The molecule has 1 fully saturated rings. The lowest BCUT2D eigenvalue weighted by molar-refractivity contribution is -0.122. The summed E-state index contributed by atoms with van der Waals surface area (Å²) in [6, 6.07) is 7.19. The van der Waals surface area contributed by atoms with Gasteiger partial charge < -0.3 is 10.1 Å².